The van der Waals surface area contributed by atoms with Crippen LogP contribution in [0.15, 0.2) is 68.5 Å². The highest BCUT2D eigenvalue weighted by atomic mass is 79.9. The van der Waals surface area contributed by atoms with Crippen LogP contribution in [0.25, 0.3) is 0 Å². The molecule has 0 aliphatic heterocycles. The topological polar surface area (TPSA) is 64.7 Å². The quantitative estimate of drug-likeness (QED) is 0.181. The van der Waals surface area contributed by atoms with E-state index in [2.05, 4.69) is 36.9 Å². The lowest BCUT2D eigenvalue weighted by Gasteiger charge is -2.13. The number of hydrogen-bond acceptors (Lipinski definition) is 4. The van der Waals surface area contributed by atoms with Crippen LogP contribution in [0.5, 0.6) is 11.5 Å². The summed E-state index contributed by atoms with van der Waals surface area (Å²) in [7, 11) is 0. The first-order chi connectivity index (χ1) is 14.5. The Morgan fingerprint density at radius 1 is 1.06 bits per heavy atom. The van der Waals surface area contributed by atoms with E-state index in [4.69, 9.17) is 4.74 Å². The number of rotatable bonds is 5. The van der Waals surface area contributed by atoms with Gasteiger partial charge in [-0.2, -0.15) is 13.2 Å². The number of halogens is 5. The Morgan fingerprint density at radius 3 is 2.35 bits per heavy atom. The van der Waals surface area contributed by atoms with E-state index in [1.807, 2.05) is 31.2 Å². The Kier molecular flexibility index (Phi) is 6.80. The van der Waals surface area contributed by atoms with Gasteiger partial charge in [0.15, 0.2) is 5.75 Å². The van der Waals surface area contributed by atoms with Crippen molar-refractivity contribution in [3.05, 3.63) is 90.3 Å². The van der Waals surface area contributed by atoms with E-state index in [0.29, 0.717) is 26.3 Å². The summed E-state index contributed by atoms with van der Waals surface area (Å²) < 4.78 is 45.7. The molecular formula is C21H13Br2F3N2O3. The molecule has 5 nitrogen and oxygen atoms in total. The molecular weight excluding hydrogens is 545 g/mol. The number of aryl methyl sites for hydroxylation is 1. The van der Waals surface area contributed by atoms with E-state index >= 15 is 0 Å². The van der Waals surface area contributed by atoms with E-state index in [-0.39, 0.29) is 11.5 Å². The lowest BCUT2D eigenvalue weighted by molar-refractivity contribution is -0.385. The number of aliphatic imine (C=N–C) groups is 1. The fraction of sp³-hybridized carbons (Fsp3) is 0.0952. The Hall–Kier alpha value is -2.72. The van der Waals surface area contributed by atoms with Crippen LogP contribution in [0.3, 0.4) is 0 Å². The molecule has 0 saturated heterocycles. The van der Waals surface area contributed by atoms with Crippen molar-refractivity contribution in [2.24, 2.45) is 4.99 Å². The minimum absolute atomic E-state index is 0.168. The molecule has 0 fully saturated rings. The van der Waals surface area contributed by atoms with Crippen molar-refractivity contribution in [1.82, 2.24) is 0 Å². The summed E-state index contributed by atoms with van der Waals surface area (Å²) in [6.07, 6.45) is -3.21. The molecule has 0 amide bonds. The van der Waals surface area contributed by atoms with Gasteiger partial charge in [-0.15, -0.1) is 0 Å². The largest absolute Gasteiger partial charge is 0.448 e. The van der Waals surface area contributed by atoms with Crippen molar-refractivity contribution < 1.29 is 22.8 Å². The van der Waals surface area contributed by atoms with Gasteiger partial charge in [0.25, 0.3) is 0 Å². The van der Waals surface area contributed by atoms with Gasteiger partial charge in [0, 0.05) is 22.3 Å². The van der Waals surface area contributed by atoms with Crippen molar-refractivity contribution >= 4 is 49.4 Å². The molecule has 0 atom stereocenters. The number of hydrogen-bond donors (Lipinski definition) is 0. The monoisotopic (exact) mass is 556 g/mol. The van der Waals surface area contributed by atoms with Crippen molar-refractivity contribution in [3.63, 3.8) is 0 Å². The molecule has 0 aliphatic carbocycles. The van der Waals surface area contributed by atoms with E-state index in [1.54, 1.807) is 12.1 Å². The summed E-state index contributed by atoms with van der Waals surface area (Å²) in [5.74, 6) is -0.159. The molecule has 3 rings (SSSR count). The van der Waals surface area contributed by atoms with Crippen LogP contribution < -0.4 is 4.74 Å². The summed E-state index contributed by atoms with van der Waals surface area (Å²) in [5.41, 5.74) is 0.264. The summed E-state index contributed by atoms with van der Waals surface area (Å²) in [6.45, 7) is 1.95. The van der Waals surface area contributed by atoms with Gasteiger partial charge in [0.2, 0.25) is 5.75 Å². The van der Waals surface area contributed by atoms with E-state index in [1.165, 1.54) is 6.21 Å². The highest BCUT2D eigenvalue weighted by Gasteiger charge is 2.33. The van der Waals surface area contributed by atoms with E-state index in [0.717, 1.165) is 17.7 Å². The van der Waals surface area contributed by atoms with Crippen LogP contribution >= 0.6 is 31.9 Å². The average molecular weight is 558 g/mol. The minimum Gasteiger partial charge on any atom is -0.448 e. The van der Waals surface area contributed by atoms with Crippen molar-refractivity contribution in [2.75, 3.05) is 0 Å². The first-order valence-electron chi connectivity index (χ1n) is 8.68. The molecule has 0 bridgehead atoms. The van der Waals surface area contributed by atoms with Crippen molar-refractivity contribution in [3.8, 4) is 11.5 Å². The summed E-state index contributed by atoms with van der Waals surface area (Å²) in [5, 5.41) is 11.4. The number of ether oxygens (including phenoxy) is 1. The van der Waals surface area contributed by atoms with Gasteiger partial charge in [0.05, 0.1) is 20.6 Å². The third kappa shape index (κ3) is 5.71. The Labute approximate surface area is 192 Å². The first-order valence-corrected chi connectivity index (χ1v) is 10.3. The number of benzene rings is 3. The standard InChI is InChI=1S/C21H13Br2F3N2O3/c1-12-2-5-16(6-3-12)27-11-13-8-15(22)10-17(23)20(13)31-19-7-4-14(21(24,25)26)9-18(19)28(29)30/h2-11H,1H3. The number of nitro groups is 1. The fourth-order valence-electron chi connectivity index (χ4n) is 2.59. The highest BCUT2D eigenvalue weighted by molar-refractivity contribution is 9.11. The minimum atomic E-state index is -4.71. The van der Waals surface area contributed by atoms with Crippen LogP contribution in [0.2, 0.25) is 0 Å². The van der Waals surface area contributed by atoms with Gasteiger partial charge < -0.3 is 4.74 Å². The molecule has 0 aliphatic rings. The van der Waals surface area contributed by atoms with Crippen LogP contribution in [-0.2, 0) is 6.18 Å². The van der Waals surface area contributed by atoms with Crippen LogP contribution in [0.4, 0.5) is 24.5 Å². The fourth-order valence-corrected chi connectivity index (χ4v) is 3.93. The SMILES string of the molecule is Cc1ccc(N=Cc2cc(Br)cc(Br)c2Oc2ccc(C(F)(F)F)cc2[N+](=O)[O-])cc1. The molecule has 160 valence electrons. The number of nitro benzene ring substituents is 1. The maximum Gasteiger partial charge on any atom is 0.416 e. The Morgan fingerprint density at radius 2 is 1.74 bits per heavy atom. The van der Waals surface area contributed by atoms with Gasteiger partial charge in [-0.3, -0.25) is 15.1 Å². The van der Waals surface area contributed by atoms with Crippen LogP contribution in [0.1, 0.15) is 16.7 Å². The molecule has 0 N–H and O–H groups in total. The third-order valence-electron chi connectivity index (χ3n) is 4.12. The van der Waals surface area contributed by atoms with Crippen molar-refractivity contribution in [1.29, 1.82) is 0 Å². The molecule has 0 radical (unpaired) electrons. The Bertz CT molecular complexity index is 1160. The maximum atomic E-state index is 13.0. The van der Waals surface area contributed by atoms with Gasteiger partial charge in [-0.1, -0.05) is 33.6 Å². The molecule has 0 unspecified atom stereocenters. The molecule has 0 saturated carbocycles. The number of alkyl halides is 3. The zero-order chi connectivity index (χ0) is 22.8. The second kappa shape index (κ2) is 9.19. The zero-order valence-electron chi connectivity index (χ0n) is 15.8. The predicted molar refractivity (Wildman–Crippen MR) is 118 cm³/mol. The summed E-state index contributed by atoms with van der Waals surface area (Å²) in [6, 6.07) is 12.9. The summed E-state index contributed by atoms with van der Waals surface area (Å²) >= 11 is 6.69. The average Bonchev–Trinajstić information content (AvgIpc) is 2.69. The molecule has 31 heavy (non-hydrogen) atoms. The smallest absolute Gasteiger partial charge is 0.416 e. The highest BCUT2D eigenvalue weighted by Crippen LogP contribution is 2.41. The van der Waals surface area contributed by atoms with Gasteiger partial charge in [-0.25, -0.2) is 0 Å². The van der Waals surface area contributed by atoms with Gasteiger partial charge in [-0.05, 0) is 59.3 Å². The van der Waals surface area contributed by atoms with Gasteiger partial charge >= 0.3 is 11.9 Å². The molecule has 0 heterocycles. The van der Waals surface area contributed by atoms with E-state index < -0.39 is 22.4 Å². The van der Waals surface area contributed by atoms with Crippen LogP contribution in [-0.4, -0.2) is 11.1 Å². The molecule has 0 spiro atoms. The first kappa shape index (κ1) is 23.0. The van der Waals surface area contributed by atoms with E-state index in [9.17, 15) is 23.3 Å². The maximum absolute atomic E-state index is 13.0. The van der Waals surface area contributed by atoms with Crippen molar-refractivity contribution in [2.45, 2.75) is 13.1 Å². The van der Waals surface area contributed by atoms with Gasteiger partial charge in [0.1, 0.15) is 0 Å². The Balaban J connectivity index is 2.04. The predicted octanol–water partition coefficient (Wildman–Crippen LogP) is 7.99. The zero-order valence-corrected chi connectivity index (χ0v) is 19.0. The second-order valence-electron chi connectivity index (χ2n) is 6.44. The second-order valence-corrected chi connectivity index (χ2v) is 8.21. The van der Waals surface area contributed by atoms with Crippen LogP contribution in [0, 0.1) is 17.0 Å². The number of nitrogens with zero attached hydrogens (tertiary/aromatic N) is 2. The molecule has 3 aromatic rings. The molecule has 3 aromatic carbocycles. The molecule has 10 heteroatoms. The summed E-state index contributed by atoms with van der Waals surface area (Å²) in [4.78, 5) is 14.8. The normalized spacial score (nSPS) is 11.7. The lowest BCUT2D eigenvalue weighted by atomic mass is 10.1. The third-order valence-corrected chi connectivity index (χ3v) is 5.17. The lowest BCUT2D eigenvalue weighted by Crippen LogP contribution is -2.06. The molecule has 0 aromatic heterocycles.